The fourth-order valence-electron chi connectivity index (χ4n) is 1.23. The first-order chi connectivity index (χ1) is 7.58. The Hall–Kier alpha value is -1.07. The van der Waals surface area contributed by atoms with Gasteiger partial charge in [0, 0.05) is 4.47 Å². The molecule has 0 saturated carbocycles. The minimum atomic E-state index is -0.389. The van der Waals surface area contributed by atoms with E-state index in [9.17, 15) is 9.90 Å². The van der Waals surface area contributed by atoms with Crippen LogP contribution in [0.3, 0.4) is 0 Å². The van der Waals surface area contributed by atoms with Crippen molar-refractivity contribution in [1.29, 1.82) is 0 Å². The molecule has 0 spiro atoms. The first-order valence-corrected chi connectivity index (χ1v) is 5.78. The summed E-state index contributed by atoms with van der Waals surface area (Å²) in [6, 6.07) is 4.34. The molecule has 1 aromatic carbocycles. The minimum absolute atomic E-state index is 0.0755. The summed E-state index contributed by atoms with van der Waals surface area (Å²) < 4.78 is 0.715. The standard InChI is InChI=1S/C11H14BrNO3/c1-2-8(6-14)13-11(16)9-5-7(12)3-4-10(9)15/h3-5,8,14-15H,2,6H2,1H3,(H,13,16). The van der Waals surface area contributed by atoms with Crippen molar-refractivity contribution in [3.05, 3.63) is 28.2 Å². The van der Waals surface area contributed by atoms with E-state index in [1.165, 1.54) is 12.1 Å². The van der Waals surface area contributed by atoms with Crippen LogP contribution in [0.25, 0.3) is 0 Å². The Kier molecular flexibility index (Phi) is 4.76. The molecule has 5 heteroatoms. The number of carbonyl (C=O) groups is 1. The number of benzene rings is 1. The maximum Gasteiger partial charge on any atom is 0.255 e. The van der Waals surface area contributed by atoms with Crippen molar-refractivity contribution in [2.45, 2.75) is 19.4 Å². The highest BCUT2D eigenvalue weighted by Crippen LogP contribution is 2.21. The van der Waals surface area contributed by atoms with Crippen LogP contribution in [0.5, 0.6) is 5.75 Å². The number of hydrogen-bond acceptors (Lipinski definition) is 3. The minimum Gasteiger partial charge on any atom is -0.507 e. The summed E-state index contributed by atoms with van der Waals surface area (Å²) in [4.78, 5) is 11.7. The number of nitrogens with one attached hydrogen (secondary N) is 1. The second kappa shape index (κ2) is 5.86. The van der Waals surface area contributed by atoms with E-state index in [2.05, 4.69) is 21.2 Å². The molecule has 4 nitrogen and oxygen atoms in total. The summed E-state index contributed by atoms with van der Waals surface area (Å²) in [5.41, 5.74) is 0.196. The van der Waals surface area contributed by atoms with Gasteiger partial charge in [-0.05, 0) is 24.6 Å². The highest BCUT2D eigenvalue weighted by molar-refractivity contribution is 9.10. The third-order valence-electron chi connectivity index (χ3n) is 2.25. The van der Waals surface area contributed by atoms with Crippen LogP contribution in [0.4, 0.5) is 0 Å². The largest absolute Gasteiger partial charge is 0.507 e. The van der Waals surface area contributed by atoms with Crippen molar-refractivity contribution in [3.8, 4) is 5.75 Å². The van der Waals surface area contributed by atoms with Crippen molar-refractivity contribution in [2.24, 2.45) is 0 Å². The molecule has 1 aromatic rings. The molecule has 0 saturated heterocycles. The van der Waals surface area contributed by atoms with Gasteiger partial charge < -0.3 is 15.5 Å². The molecule has 1 amide bonds. The lowest BCUT2D eigenvalue weighted by atomic mass is 10.1. The van der Waals surface area contributed by atoms with Crippen LogP contribution >= 0.6 is 15.9 Å². The molecule has 0 radical (unpaired) electrons. The predicted octanol–water partition coefficient (Wildman–Crippen LogP) is 1.66. The van der Waals surface area contributed by atoms with Crippen LogP contribution in [-0.2, 0) is 0 Å². The molecule has 1 atom stereocenters. The molecule has 1 rings (SSSR count). The molecule has 0 fully saturated rings. The van der Waals surface area contributed by atoms with E-state index in [0.29, 0.717) is 10.9 Å². The third-order valence-corrected chi connectivity index (χ3v) is 2.74. The lowest BCUT2D eigenvalue weighted by Crippen LogP contribution is -2.36. The van der Waals surface area contributed by atoms with Gasteiger partial charge in [-0.15, -0.1) is 0 Å². The van der Waals surface area contributed by atoms with Crippen molar-refractivity contribution in [1.82, 2.24) is 5.32 Å². The van der Waals surface area contributed by atoms with Crippen LogP contribution in [-0.4, -0.2) is 28.8 Å². The van der Waals surface area contributed by atoms with Gasteiger partial charge in [0.05, 0.1) is 18.2 Å². The fraction of sp³-hybridized carbons (Fsp3) is 0.364. The van der Waals surface area contributed by atoms with E-state index < -0.39 is 0 Å². The summed E-state index contributed by atoms with van der Waals surface area (Å²) in [7, 11) is 0. The summed E-state index contributed by atoms with van der Waals surface area (Å²) in [6.45, 7) is 1.75. The number of aromatic hydroxyl groups is 1. The van der Waals surface area contributed by atoms with Gasteiger partial charge in [0.25, 0.3) is 5.91 Å². The molecule has 0 bridgehead atoms. The average molecular weight is 288 g/mol. The van der Waals surface area contributed by atoms with E-state index in [-0.39, 0.29) is 29.9 Å². The van der Waals surface area contributed by atoms with E-state index in [4.69, 9.17) is 5.11 Å². The zero-order valence-corrected chi connectivity index (χ0v) is 10.5. The van der Waals surface area contributed by atoms with Crippen LogP contribution in [0.1, 0.15) is 23.7 Å². The molecule has 0 aliphatic carbocycles. The van der Waals surface area contributed by atoms with Crippen LogP contribution in [0.2, 0.25) is 0 Å². The number of carbonyl (C=O) groups excluding carboxylic acids is 1. The summed E-state index contributed by atoms with van der Waals surface area (Å²) in [5, 5.41) is 21.1. The number of aliphatic hydroxyl groups is 1. The lowest BCUT2D eigenvalue weighted by molar-refractivity contribution is 0.0912. The quantitative estimate of drug-likeness (QED) is 0.789. The molecule has 3 N–H and O–H groups in total. The van der Waals surface area contributed by atoms with Crippen LogP contribution in [0.15, 0.2) is 22.7 Å². The Labute approximate surface area is 102 Å². The van der Waals surface area contributed by atoms with Gasteiger partial charge in [-0.2, -0.15) is 0 Å². The van der Waals surface area contributed by atoms with Crippen molar-refractivity contribution in [2.75, 3.05) is 6.61 Å². The molecule has 0 heterocycles. The van der Waals surface area contributed by atoms with Crippen molar-refractivity contribution >= 4 is 21.8 Å². The van der Waals surface area contributed by atoms with E-state index in [0.717, 1.165) is 0 Å². The number of phenolic OH excluding ortho intramolecular Hbond substituents is 1. The van der Waals surface area contributed by atoms with Crippen molar-refractivity contribution < 1.29 is 15.0 Å². The number of hydrogen-bond donors (Lipinski definition) is 3. The zero-order chi connectivity index (χ0) is 12.1. The number of rotatable bonds is 4. The van der Waals surface area contributed by atoms with Crippen LogP contribution in [0, 0.1) is 0 Å². The van der Waals surface area contributed by atoms with Gasteiger partial charge in [-0.25, -0.2) is 0 Å². The Morgan fingerprint density at radius 1 is 1.56 bits per heavy atom. The SMILES string of the molecule is CCC(CO)NC(=O)c1cc(Br)ccc1O. The number of halogens is 1. The van der Waals surface area contributed by atoms with Gasteiger partial charge in [0.2, 0.25) is 0 Å². The Bertz CT molecular complexity index is 377. The molecule has 1 unspecified atom stereocenters. The Morgan fingerprint density at radius 3 is 2.81 bits per heavy atom. The number of aliphatic hydroxyl groups excluding tert-OH is 1. The van der Waals surface area contributed by atoms with E-state index in [1.54, 1.807) is 6.07 Å². The maximum absolute atomic E-state index is 11.7. The molecule has 0 aromatic heterocycles. The number of phenols is 1. The maximum atomic E-state index is 11.7. The summed E-state index contributed by atoms with van der Waals surface area (Å²) >= 11 is 3.22. The Morgan fingerprint density at radius 2 is 2.25 bits per heavy atom. The zero-order valence-electron chi connectivity index (χ0n) is 8.90. The fourth-order valence-corrected chi connectivity index (χ4v) is 1.59. The highest BCUT2D eigenvalue weighted by Gasteiger charge is 2.14. The van der Waals surface area contributed by atoms with Gasteiger partial charge >= 0.3 is 0 Å². The molecular formula is C11H14BrNO3. The summed E-state index contributed by atoms with van der Waals surface area (Å²) in [6.07, 6.45) is 0.636. The normalized spacial score (nSPS) is 12.2. The monoisotopic (exact) mass is 287 g/mol. The van der Waals surface area contributed by atoms with Gasteiger partial charge in [-0.1, -0.05) is 22.9 Å². The summed E-state index contributed by atoms with van der Waals surface area (Å²) in [5.74, 6) is -0.465. The van der Waals surface area contributed by atoms with Crippen LogP contribution < -0.4 is 5.32 Å². The second-order valence-electron chi connectivity index (χ2n) is 3.42. The third kappa shape index (κ3) is 3.21. The van der Waals surface area contributed by atoms with E-state index in [1.807, 2.05) is 6.92 Å². The van der Waals surface area contributed by atoms with Gasteiger partial charge in [0.15, 0.2) is 0 Å². The molecular weight excluding hydrogens is 274 g/mol. The highest BCUT2D eigenvalue weighted by atomic mass is 79.9. The van der Waals surface area contributed by atoms with Gasteiger partial charge in [0.1, 0.15) is 5.75 Å². The van der Waals surface area contributed by atoms with Crippen molar-refractivity contribution in [3.63, 3.8) is 0 Å². The van der Waals surface area contributed by atoms with E-state index >= 15 is 0 Å². The lowest BCUT2D eigenvalue weighted by Gasteiger charge is -2.14. The molecule has 88 valence electrons. The topological polar surface area (TPSA) is 69.6 Å². The predicted molar refractivity (Wildman–Crippen MR) is 64.4 cm³/mol. The number of amides is 1. The molecule has 0 aliphatic rings. The first kappa shape index (κ1) is 13.0. The first-order valence-electron chi connectivity index (χ1n) is 4.98. The molecule has 0 aliphatic heterocycles. The molecule has 16 heavy (non-hydrogen) atoms. The van der Waals surface area contributed by atoms with Gasteiger partial charge in [-0.3, -0.25) is 4.79 Å². The average Bonchev–Trinajstić information content (AvgIpc) is 2.28. The second-order valence-corrected chi connectivity index (χ2v) is 4.34. The smallest absolute Gasteiger partial charge is 0.255 e. The Balaban J connectivity index is 2.83.